The smallest absolute Gasteiger partial charge is 0.306 e. The molecule has 0 aromatic carbocycles. The van der Waals surface area contributed by atoms with E-state index in [0.717, 1.165) is 75.5 Å². The van der Waals surface area contributed by atoms with Gasteiger partial charge >= 0.3 is 17.9 Å². The zero-order valence-electron chi connectivity index (χ0n) is 37.0. The van der Waals surface area contributed by atoms with Crippen LogP contribution in [0.25, 0.3) is 0 Å². The average molecular weight is 765 g/mol. The van der Waals surface area contributed by atoms with Crippen molar-refractivity contribution < 1.29 is 28.6 Å². The van der Waals surface area contributed by atoms with Crippen LogP contribution in [0.3, 0.4) is 0 Å². The van der Waals surface area contributed by atoms with E-state index in [9.17, 15) is 14.4 Å². The van der Waals surface area contributed by atoms with Crippen molar-refractivity contribution in [1.82, 2.24) is 0 Å². The highest BCUT2D eigenvalue weighted by Gasteiger charge is 2.19. The molecule has 0 saturated heterocycles. The lowest BCUT2D eigenvalue weighted by atomic mass is 10.0. The molecule has 0 spiro atoms. The zero-order chi connectivity index (χ0) is 39.9. The first-order valence-electron chi connectivity index (χ1n) is 23.6. The largest absolute Gasteiger partial charge is 0.462 e. The lowest BCUT2D eigenvalue weighted by molar-refractivity contribution is -0.167. The van der Waals surface area contributed by atoms with E-state index in [2.05, 4.69) is 41.5 Å². The van der Waals surface area contributed by atoms with Crippen LogP contribution in [0.5, 0.6) is 0 Å². The highest BCUT2D eigenvalue weighted by molar-refractivity contribution is 5.71. The molecular formula is C48H92O6. The van der Waals surface area contributed by atoms with Gasteiger partial charge in [0.15, 0.2) is 6.10 Å². The molecule has 0 rings (SSSR count). The topological polar surface area (TPSA) is 78.9 Å². The molecule has 0 aromatic heterocycles. The number of rotatable bonds is 41. The van der Waals surface area contributed by atoms with Crippen LogP contribution in [0.1, 0.15) is 253 Å². The first-order chi connectivity index (χ1) is 26.1. The second-order valence-corrected chi connectivity index (χ2v) is 17.8. The minimum Gasteiger partial charge on any atom is -0.462 e. The van der Waals surface area contributed by atoms with Crippen molar-refractivity contribution in [2.45, 2.75) is 260 Å². The van der Waals surface area contributed by atoms with Crippen LogP contribution in [0, 0.1) is 17.8 Å². The van der Waals surface area contributed by atoms with Crippen LogP contribution in [0.4, 0.5) is 0 Å². The number of carbonyl (C=O) groups is 3. The van der Waals surface area contributed by atoms with Gasteiger partial charge in [0.1, 0.15) is 13.2 Å². The summed E-state index contributed by atoms with van der Waals surface area (Å²) in [5.74, 6) is 1.55. The van der Waals surface area contributed by atoms with Crippen molar-refractivity contribution in [3.8, 4) is 0 Å². The number of carbonyl (C=O) groups excluding carboxylic acids is 3. The Balaban J connectivity index is 4.33. The van der Waals surface area contributed by atoms with Crippen LogP contribution in [0.15, 0.2) is 0 Å². The van der Waals surface area contributed by atoms with E-state index in [-0.39, 0.29) is 31.1 Å². The molecule has 0 aliphatic carbocycles. The van der Waals surface area contributed by atoms with Crippen LogP contribution in [-0.2, 0) is 28.6 Å². The standard InChI is InChI=1S/C48H92O6/c1-42(2)34-28-22-16-11-9-7-8-10-12-20-27-33-39-48(51)54-45(41-53-47(50)38-32-26-21-15-18-24-30-36-44(5)6)40-52-46(49)37-31-25-19-14-13-17-23-29-35-43(3)4/h42-45H,7-41H2,1-6H3/t45-/m1/s1. The molecule has 1 atom stereocenters. The summed E-state index contributed by atoms with van der Waals surface area (Å²) in [6.45, 7) is 13.6. The van der Waals surface area contributed by atoms with Crippen LogP contribution in [-0.4, -0.2) is 37.2 Å². The van der Waals surface area contributed by atoms with E-state index in [1.54, 1.807) is 0 Å². The third-order valence-electron chi connectivity index (χ3n) is 10.6. The second-order valence-electron chi connectivity index (χ2n) is 17.8. The van der Waals surface area contributed by atoms with E-state index in [1.807, 2.05) is 0 Å². The quantitative estimate of drug-likeness (QED) is 0.0350. The normalized spacial score (nSPS) is 12.2. The van der Waals surface area contributed by atoms with Crippen molar-refractivity contribution in [3.05, 3.63) is 0 Å². The molecule has 0 aromatic rings. The van der Waals surface area contributed by atoms with Crippen LogP contribution in [0.2, 0.25) is 0 Å². The zero-order valence-corrected chi connectivity index (χ0v) is 37.0. The van der Waals surface area contributed by atoms with E-state index in [1.165, 1.54) is 135 Å². The van der Waals surface area contributed by atoms with E-state index in [4.69, 9.17) is 14.2 Å². The summed E-state index contributed by atoms with van der Waals surface area (Å²) in [6, 6.07) is 0. The summed E-state index contributed by atoms with van der Waals surface area (Å²) in [5, 5.41) is 0. The summed E-state index contributed by atoms with van der Waals surface area (Å²) in [5.41, 5.74) is 0. The molecule has 0 N–H and O–H groups in total. The number of unbranched alkanes of at least 4 members (excludes halogenated alkanes) is 24. The van der Waals surface area contributed by atoms with Crippen molar-refractivity contribution in [3.63, 3.8) is 0 Å². The molecule has 0 amide bonds. The summed E-state index contributed by atoms with van der Waals surface area (Å²) >= 11 is 0. The first-order valence-corrected chi connectivity index (χ1v) is 23.6. The van der Waals surface area contributed by atoms with Crippen molar-refractivity contribution >= 4 is 17.9 Å². The van der Waals surface area contributed by atoms with Crippen molar-refractivity contribution in [1.29, 1.82) is 0 Å². The fourth-order valence-electron chi connectivity index (χ4n) is 7.06. The molecule has 0 radical (unpaired) electrons. The molecular weight excluding hydrogens is 673 g/mol. The number of hydrogen-bond donors (Lipinski definition) is 0. The highest BCUT2D eigenvalue weighted by atomic mass is 16.6. The Hall–Kier alpha value is -1.59. The SMILES string of the molecule is CC(C)CCCCCCCCCCCCCCC(=O)O[C@H](COC(=O)CCCCCCCCCCC(C)C)COC(=O)CCCCCCCCCC(C)C. The Morgan fingerprint density at radius 2 is 0.537 bits per heavy atom. The van der Waals surface area contributed by atoms with Crippen molar-refractivity contribution in [2.75, 3.05) is 13.2 Å². The Morgan fingerprint density at radius 1 is 0.315 bits per heavy atom. The van der Waals surface area contributed by atoms with Crippen molar-refractivity contribution in [2.24, 2.45) is 17.8 Å². The van der Waals surface area contributed by atoms with Gasteiger partial charge in [0.25, 0.3) is 0 Å². The molecule has 0 saturated carbocycles. The number of ether oxygens (including phenoxy) is 3. The van der Waals surface area contributed by atoms with Gasteiger partial charge in [-0.2, -0.15) is 0 Å². The van der Waals surface area contributed by atoms with E-state index in [0.29, 0.717) is 19.3 Å². The van der Waals surface area contributed by atoms with Gasteiger partial charge in [-0.3, -0.25) is 14.4 Å². The predicted octanol–water partition coefficient (Wildman–Crippen LogP) is 14.8. The minimum atomic E-state index is -0.762. The lowest BCUT2D eigenvalue weighted by Crippen LogP contribution is -2.30. The maximum atomic E-state index is 12.7. The molecule has 320 valence electrons. The van der Waals surface area contributed by atoms with E-state index < -0.39 is 6.10 Å². The molecule has 0 aliphatic rings. The van der Waals surface area contributed by atoms with Gasteiger partial charge in [-0.05, 0) is 37.0 Å². The predicted molar refractivity (Wildman–Crippen MR) is 229 cm³/mol. The highest BCUT2D eigenvalue weighted by Crippen LogP contribution is 2.17. The van der Waals surface area contributed by atoms with E-state index >= 15 is 0 Å². The first kappa shape index (κ1) is 52.4. The fraction of sp³-hybridized carbons (Fsp3) is 0.938. The molecule has 0 fully saturated rings. The van der Waals surface area contributed by atoms with Crippen LogP contribution < -0.4 is 0 Å². The summed E-state index contributed by atoms with van der Waals surface area (Å²) in [7, 11) is 0. The van der Waals surface area contributed by atoms with Crippen LogP contribution >= 0.6 is 0 Å². The molecule has 0 bridgehead atoms. The summed E-state index contributed by atoms with van der Waals surface area (Å²) in [4.78, 5) is 37.7. The third-order valence-corrected chi connectivity index (χ3v) is 10.6. The molecule has 54 heavy (non-hydrogen) atoms. The molecule has 0 aliphatic heterocycles. The lowest BCUT2D eigenvalue weighted by Gasteiger charge is -2.18. The monoisotopic (exact) mass is 765 g/mol. The van der Waals surface area contributed by atoms with Gasteiger partial charge in [0.05, 0.1) is 0 Å². The van der Waals surface area contributed by atoms with Gasteiger partial charge in [-0.1, -0.05) is 215 Å². The Kier molecular flexibility index (Phi) is 38.5. The molecule has 0 unspecified atom stereocenters. The fourth-order valence-corrected chi connectivity index (χ4v) is 7.06. The third kappa shape index (κ3) is 41.6. The summed E-state index contributed by atoms with van der Waals surface area (Å²) in [6.07, 6.45) is 36.7. The molecule has 0 heterocycles. The molecule has 6 heteroatoms. The summed E-state index contributed by atoms with van der Waals surface area (Å²) < 4.78 is 16.7. The van der Waals surface area contributed by atoms with Gasteiger partial charge in [-0.25, -0.2) is 0 Å². The Morgan fingerprint density at radius 3 is 0.796 bits per heavy atom. The molecule has 6 nitrogen and oxygen atoms in total. The Bertz CT molecular complexity index is 837. The van der Waals surface area contributed by atoms with Gasteiger partial charge in [0, 0.05) is 19.3 Å². The number of esters is 3. The number of hydrogen-bond acceptors (Lipinski definition) is 6. The minimum absolute atomic E-state index is 0.0665. The van der Waals surface area contributed by atoms with Gasteiger partial charge in [-0.15, -0.1) is 0 Å². The van der Waals surface area contributed by atoms with Gasteiger partial charge < -0.3 is 14.2 Å². The maximum absolute atomic E-state index is 12.7. The Labute approximate surface area is 336 Å². The van der Waals surface area contributed by atoms with Gasteiger partial charge in [0.2, 0.25) is 0 Å². The second kappa shape index (κ2) is 39.6. The average Bonchev–Trinajstić information content (AvgIpc) is 3.12. The maximum Gasteiger partial charge on any atom is 0.306 e.